The van der Waals surface area contributed by atoms with Crippen molar-refractivity contribution in [3.05, 3.63) is 49.7 Å². The molecular formula is C14H13IO3S. The van der Waals surface area contributed by atoms with E-state index in [1.807, 2.05) is 24.3 Å². The molecule has 3 nitrogen and oxygen atoms in total. The topological polar surface area (TPSA) is 35.5 Å². The van der Waals surface area contributed by atoms with Crippen LogP contribution < -0.4 is 4.74 Å². The Morgan fingerprint density at radius 1 is 1.32 bits per heavy atom. The Bertz CT molecular complexity index is 551. The van der Waals surface area contributed by atoms with Crippen molar-refractivity contribution in [3.8, 4) is 5.75 Å². The van der Waals surface area contributed by atoms with Crippen LogP contribution in [0, 0.1) is 2.88 Å². The summed E-state index contributed by atoms with van der Waals surface area (Å²) in [7, 11) is 1.38. The second-order valence-electron chi connectivity index (χ2n) is 3.82. The minimum atomic E-state index is -0.345. The van der Waals surface area contributed by atoms with Gasteiger partial charge in [0.15, 0.2) is 4.88 Å². The summed E-state index contributed by atoms with van der Waals surface area (Å²) in [6.07, 6.45) is 0.813. The number of halogens is 1. The van der Waals surface area contributed by atoms with Crippen LogP contribution >= 0.6 is 33.9 Å². The predicted molar refractivity (Wildman–Crippen MR) is 84.0 cm³/mol. The molecule has 19 heavy (non-hydrogen) atoms. The van der Waals surface area contributed by atoms with Crippen molar-refractivity contribution in [2.75, 3.05) is 13.7 Å². The van der Waals surface area contributed by atoms with Crippen molar-refractivity contribution in [1.29, 1.82) is 0 Å². The SMILES string of the molecule is COC(=O)c1sc(I)cc1OCCc1ccccc1. The zero-order valence-corrected chi connectivity index (χ0v) is 13.4. The molecule has 0 unspecified atom stereocenters. The van der Waals surface area contributed by atoms with E-state index in [9.17, 15) is 4.79 Å². The van der Waals surface area contributed by atoms with E-state index in [2.05, 4.69) is 34.7 Å². The molecule has 0 fully saturated rings. The van der Waals surface area contributed by atoms with E-state index < -0.39 is 0 Å². The van der Waals surface area contributed by atoms with Gasteiger partial charge in [-0.25, -0.2) is 4.79 Å². The van der Waals surface area contributed by atoms with Gasteiger partial charge in [0.05, 0.1) is 16.6 Å². The molecule has 1 aromatic carbocycles. The zero-order chi connectivity index (χ0) is 13.7. The molecule has 0 atom stereocenters. The van der Waals surface area contributed by atoms with Crippen LogP contribution in [0.5, 0.6) is 5.75 Å². The first-order valence-corrected chi connectivity index (χ1v) is 7.64. The summed E-state index contributed by atoms with van der Waals surface area (Å²) in [4.78, 5) is 12.1. The summed E-state index contributed by atoms with van der Waals surface area (Å²) in [5.41, 5.74) is 1.21. The highest BCUT2D eigenvalue weighted by atomic mass is 127. The lowest BCUT2D eigenvalue weighted by molar-refractivity contribution is 0.0602. The third-order valence-electron chi connectivity index (χ3n) is 2.53. The lowest BCUT2D eigenvalue weighted by atomic mass is 10.2. The van der Waals surface area contributed by atoms with Crippen molar-refractivity contribution in [3.63, 3.8) is 0 Å². The molecule has 1 heterocycles. The van der Waals surface area contributed by atoms with Crippen molar-refractivity contribution in [1.82, 2.24) is 0 Å². The highest BCUT2D eigenvalue weighted by Gasteiger charge is 2.17. The van der Waals surface area contributed by atoms with Gasteiger partial charge < -0.3 is 9.47 Å². The number of hydrogen-bond acceptors (Lipinski definition) is 4. The molecule has 2 aromatic rings. The Morgan fingerprint density at radius 2 is 2.05 bits per heavy atom. The summed E-state index contributed by atoms with van der Waals surface area (Å²) in [5.74, 6) is 0.264. The average molecular weight is 388 g/mol. The van der Waals surface area contributed by atoms with Crippen LogP contribution in [-0.2, 0) is 11.2 Å². The highest BCUT2D eigenvalue weighted by Crippen LogP contribution is 2.31. The predicted octanol–water partition coefficient (Wildman–Crippen LogP) is 3.76. The molecule has 0 aliphatic carbocycles. The fraction of sp³-hybridized carbons (Fsp3) is 0.214. The second-order valence-corrected chi connectivity index (χ2v) is 6.77. The third-order valence-corrected chi connectivity index (χ3v) is 4.39. The molecule has 0 spiro atoms. The normalized spacial score (nSPS) is 10.2. The van der Waals surface area contributed by atoms with Gasteiger partial charge in [-0.2, -0.15) is 0 Å². The number of esters is 1. The van der Waals surface area contributed by atoms with E-state index in [1.165, 1.54) is 24.0 Å². The Morgan fingerprint density at radius 3 is 2.74 bits per heavy atom. The van der Waals surface area contributed by atoms with Gasteiger partial charge >= 0.3 is 5.97 Å². The van der Waals surface area contributed by atoms with Crippen LogP contribution in [0.1, 0.15) is 15.2 Å². The average Bonchev–Trinajstić information content (AvgIpc) is 2.80. The van der Waals surface area contributed by atoms with Crippen LogP contribution in [0.2, 0.25) is 0 Å². The smallest absolute Gasteiger partial charge is 0.351 e. The van der Waals surface area contributed by atoms with Gasteiger partial charge in [-0.1, -0.05) is 30.3 Å². The fourth-order valence-electron chi connectivity index (χ4n) is 1.61. The Labute approximate surface area is 129 Å². The van der Waals surface area contributed by atoms with Crippen LogP contribution in [0.4, 0.5) is 0 Å². The maximum Gasteiger partial charge on any atom is 0.351 e. The first kappa shape index (κ1) is 14.3. The largest absolute Gasteiger partial charge is 0.491 e. The fourth-order valence-corrected chi connectivity index (χ4v) is 3.30. The number of thiophene rings is 1. The van der Waals surface area contributed by atoms with E-state index in [4.69, 9.17) is 9.47 Å². The number of ether oxygens (including phenoxy) is 2. The van der Waals surface area contributed by atoms with Crippen LogP contribution in [-0.4, -0.2) is 19.7 Å². The summed E-state index contributed by atoms with van der Waals surface area (Å²) in [5, 5.41) is 0. The highest BCUT2D eigenvalue weighted by molar-refractivity contribution is 14.1. The number of benzene rings is 1. The van der Waals surface area contributed by atoms with Gasteiger partial charge in [-0.05, 0) is 28.2 Å². The van der Waals surface area contributed by atoms with Crippen LogP contribution in [0.25, 0.3) is 0 Å². The number of rotatable bonds is 5. The van der Waals surface area contributed by atoms with Crippen molar-refractivity contribution in [2.24, 2.45) is 0 Å². The van der Waals surface area contributed by atoms with Gasteiger partial charge in [-0.3, -0.25) is 0 Å². The van der Waals surface area contributed by atoms with E-state index in [0.717, 1.165) is 9.30 Å². The van der Waals surface area contributed by atoms with Crippen molar-refractivity contribution < 1.29 is 14.3 Å². The molecule has 0 saturated carbocycles. The first-order chi connectivity index (χ1) is 9.20. The number of hydrogen-bond donors (Lipinski definition) is 0. The van der Waals surface area contributed by atoms with Crippen molar-refractivity contribution in [2.45, 2.75) is 6.42 Å². The quantitative estimate of drug-likeness (QED) is 0.578. The molecule has 2 rings (SSSR count). The van der Waals surface area contributed by atoms with Gasteiger partial charge in [-0.15, -0.1) is 11.3 Å². The molecule has 0 aliphatic rings. The molecule has 100 valence electrons. The summed E-state index contributed by atoms with van der Waals surface area (Å²) < 4.78 is 11.4. The van der Waals surface area contributed by atoms with E-state index in [0.29, 0.717) is 17.2 Å². The second kappa shape index (κ2) is 6.91. The minimum absolute atomic E-state index is 0.345. The molecule has 0 radical (unpaired) electrons. The van der Waals surface area contributed by atoms with Gasteiger partial charge in [0.1, 0.15) is 5.75 Å². The van der Waals surface area contributed by atoms with E-state index >= 15 is 0 Å². The van der Waals surface area contributed by atoms with Gasteiger partial charge in [0.2, 0.25) is 0 Å². The number of carbonyl (C=O) groups is 1. The van der Waals surface area contributed by atoms with Crippen molar-refractivity contribution >= 4 is 39.9 Å². The first-order valence-electron chi connectivity index (χ1n) is 5.75. The van der Waals surface area contributed by atoms with Crippen LogP contribution in [0.15, 0.2) is 36.4 Å². The number of methoxy groups -OCH3 is 1. The Kier molecular flexibility index (Phi) is 5.21. The van der Waals surface area contributed by atoms with Crippen LogP contribution in [0.3, 0.4) is 0 Å². The molecule has 0 saturated heterocycles. The molecule has 0 aliphatic heterocycles. The maximum atomic E-state index is 11.6. The standard InChI is InChI=1S/C14H13IO3S/c1-17-14(16)13-11(9-12(15)19-13)18-8-7-10-5-3-2-4-6-10/h2-6,9H,7-8H2,1H3. The Hall–Kier alpha value is -1.08. The van der Waals surface area contributed by atoms with Gasteiger partial charge in [0.25, 0.3) is 0 Å². The molecule has 0 N–H and O–H groups in total. The number of carbonyl (C=O) groups excluding carboxylic acids is 1. The zero-order valence-electron chi connectivity index (χ0n) is 10.4. The summed E-state index contributed by atoms with van der Waals surface area (Å²) >= 11 is 3.55. The molecular weight excluding hydrogens is 375 g/mol. The summed E-state index contributed by atoms with van der Waals surface area (Å²) in [6, 6.07) is 12.0. The third kappa shape index (κ3) is 3.94. The summed E-state index contributed by atoms with van der Waals surface area (Å²) in [6.45, 7) is 0.542. The monoisotopic (exact) mass is 388 g/mol. The lowest BCUT2D eigenvalue weighted by Gasteiger charge is -2.06. The molecule has 0 amide bonds. The van der Waals surface area contributed by atoms with E-state index in [1.54, 1.807) is 0 Å². The molecule has 0 bridgehead atoms. The maximum absolute atomic E-state index is 11.6. The lowest BCUT2D eigenvalue weighted by Crippen LogP contribution is -2.05. The Balaban J connectivity index is 1.98. The molecule has 5 heteroatoms. The minimum Gasteiger partial charge on any atom is -0.491 e. The van der Waals surface area contributed by atoms with Gasteiger partial charge in [0, 0.05) is 12.5 Å². The van der Waals surface area contributed by atoms with E-state index in [-0.39, 0.29) is 5.97 Å². The molecule has 1 aromatic heterocycles.